The quantitative estimate of drug-likeness (QED) is 0.287. The summed E-state index contributed by atoms with van der Waals surface area (Å²) in [4.78, 5) is 0. The molecule has 13 heteroatoms. The Morgan fingerprint density at radius 2 is 0.385 bits per heavy atom. The SMILES string of the molecule is [Co].[Co].[Cr].[Cr].[Nb+5].[Nb+5].[O-2].[O-2].[O-2].[O-2].[O-2].[Pt].[Pt]. The Balaban J connectivity index is 0. The first-order valence-electron chi connectivity index (χ1n) is 0. The minimum Gasteiger partial charge on any atom is -2.00 e. The molecule has 0 bridgehead atoms. The third-order valence-corrected chi connectivity index (χ3v) is 0. The van der Waals surface area contributed by atoms with Gasteiger partial charge in [-0.2, -0.15) is 0 Å². The second-order valence-electron chi connectivity index (χ2n) is 0. The van der Waals surface area contributed by atoms with Gasteiger partial charge in [-0.3, -0.25) is 0 Å². The fraction of sp³-hybridized carbons (Fsp3) is 0. The van der Waals surface area contributed by atoms with E-state index in [1.54, 1.807) is 0 Å². The van der Waals surface area contributed by atoms with Crippen LogP contribution in [0.25, 0.3) is 0 Å². The van der Waals surface area contributed by atoms with Crippen molar-refractivity contribution in [3.05, 3.63) is 0 Å². The van der Waals surface area contributed by atoms with Crippen LogP contribution in [0.15, 0.2) is 0 Å². The van der Waals surface area contributed by atoms with Crippen LogP contribution >= 0.6 is 0 Å². The molecule has 0 rings (SSSR count). The maximum atomic E-state index is 0. The number of hydrogen-bond donors (Lipinski definition) is 0. The Morgan fingerprint density at radius 3 is 0.385 bits per heavy atom. The first-order chi connectivity index (χ1) is 0. The molecule has 0 fully saturated rings. The van der Waals surface area contributed by atoms with E-state index in [0.717, 1.165) is 0 Å². The van der Waals surface area contributed by atoms with Gasteiger partial charge in [-0.15, -0.1) is 0 Å². The van der Waals surface area contributed by atoms with E-state index >= 15 is 0 Å². The fourth-order valence-corrected chi connectivity index (χ4v) is 0. The molecular weight excluding hydrogens is 878 g/mol. The van der Waals surface area contributed by atoms with Crippen LogP contribution < -0.4 is 0 Å². The summed E-state index contributed by atoms with van der Waals surface area (Å²) in [7, 11) is 0. The summed E-state index contributed by atoms with van der Waals surface area (Å²) >= 11 is 0. The van der Waals surface area contributed by atoms with Gasteiger partial charge in [0.05, 0.1) is 0 Å². The molecule has 0 aliphatic carbocycles. The van der Waals surface area contributed by atoms with Crippen molar-refractivity contribution in [3.8, 4) is 0 Å². The minimum atomic E-state index is 0. The monoisotopic (exact) mass is 877 g/mol. The molecule has 90 valence electrons. The minimum absolute atomic E-state index is 0. The Hall–Kier alpha value is 4.74. The van der Waals surface area contributed by atoms with Crippen LogP contribution in [0, 0.1) is 0 Å². The van der Waals surface area contributed by atoms with Gasteiger partial charge in [0.2, 0.25) is 0 Å². The molecule has 0 heterocycles. The van der Waals surface area contributed by atoms with Crippen molar-refractivity contribution in [2.24, 2.45) is 0 Å². The van der Waals surface area contributed by atoms with E-state index in [2.05, 4.69) is 0 Å². The smallest absolute Gasteiger partial charge is 2.00 e. The first kappa shape index (κ1) is 222. The van der Waals surface area contributed by atoms with E-state index < -0.39 is 0 Å². The molecular formula is Co2Cr2Nb2O5Pt2. The zero-order valence-electron chi connectivity index (χ0n) is 5.05. The van der Waals surface area contributed by atoms with E-state index in [9.17, 15) is 0 Å². The Labute approximate surface area is 179 Å². The van der Waals surface area contributed by atoms with Gasteiger partial charge in [0.15, 0.2) is 0 Å². The molecule has 13 heavy (non-hydrogen) atoms. The van der Waals surface area contributed by atoms with E-state index in [0.29, 0.717) is 0 Å². The van der Waals surface area contributed by atoms with Crippen molar-refractivity contribution in [2.75, 3.05) is 0 Å². The van der Waals surface area contributed by atoms with Crippen LogP contribution in [0.4, 0.5) is 0 Å². The predicted octanol–water partition coefficient (Wildman–Crippen LogP) is -0.614. The van der Waals surface area contributed by atoms with Gasteiger partial charge in [0, 0.05) is 110 Å². The van der Waals surface area contributed by atoms with Gasteiger partial charge >= 0.3 is 44.8 Å². The van der Waals surface area contributed by atoms with Crippen LogP contribution in [0.5, 0.6) is 0 Å². The van der Waals surface area contributed by atoms with Crippen molar-refractivity contribution in [3.63, 3.8) is 0 Å². The fourth-order valence-electron chi connectivity index (χ4n) is 0. The Kier molecular flexibility index (Phi) is 3150. The van der Waals surface area contributed by atoms with Crippen molar-refractivity contribution in [2.45, 2.75) is 0 Å². The summed E-state index contributed by atoms with van der Waals surface area (Å²) < 4.78 is 0. The van der Waals surface area contributed by atoms with E-state index in [4.69, 9.17) is 0 Å². The number of rotatable bonds is 0. The van der Waals surface area contributed by atoms with E-state index in [-0.39, 0.29) is 183 Å². The third-order valence-electron chi connectivity index (χ3n) is 0. The maximum Gasteiger partial charge on any atom is 5.00 e. The second-order valence-corrected chi connectivity index (χ2v) is 0. The topological polar surface area (TPSA) is 142 Å². The van der Waals surface area contributed by atoms with E-state index in [1.165, 1.54) is 0 Å². The van der Waals surface area contributed by atoms with Crippen LogP contribution in [0.1, 0.15) is 0 Å². The van der Waals surface area contributed by atoms with Crippen molar-refractivity contribution in [1.29, 1.82) is 0 Å². The normalized spacial score (nSPS) is 0. The largest absolute Gasteiger partial charge is 5.00 e. The van der Waals surface area contributed by atoms with Gasteiger partial charge in [-0.1, -0.05) is 0 Å². The molecule has 0 aliphatic rings. The molecule has 0 aromatic heterocycles. The van der Waals surface area contributed by atoms with Gasteiger partial charge in [0.1, 0.15) is 0 Å². The van der Waals surface area contributed by atoms with Crippen LogP contribution in [-0.4, -0.2) is 0 Å². The average Bonchev–Trinajstić information content (AvgIpc) is 0. The molecule has 0 aromatic carbocycles. The molecule has 0 unspecified atom stereocenters. The zero-order chi connectivity index (χ0) is 0. The standard InChI is InChI=1S/2Co.2Cr.2Nb.5O.2Pt/q;;;;2*+5;5*-2;;. The third kappa shape index (κ3) is 162. The number of hydrogen-bond acceptors (Lipinski definition) is 0. The zero-order valence-corrected chi connectivity index (χ0v) is 18.6. The second kappa shape index (κ2) is 185. The summed E-state index contributed by atoms with van der Waals surface area (Å²) in [6.07, 6.45) is 0. The Bertz CT molecular complexity index is 28.5. The molecule has 0 saturated heterocycles. The van der Waals surface area contributed by atoms with E-state index in [1.807, 2.05) is 0 Å². The van der Waals surface area contributed by atoms with Crippen LogP contribution in [0.3, 0.4) is 0 Å². The van der Waals surface area contributed by atoms with Gasteiger partial charge < -0.3 is 27.4 Å². The summed E-state index contributed by atoms with van der Waals surface area (Å²) in [5.74, 6) is 0. The average molecular weight is 878 g/mol. The summed E-state index contributed by atoms with van der Waals surface area (Å²) in [6, 6.07) is 0. The first-order valence-corrected chi connectivity index (χ1v) is 0. The summed E-state index contributed by atoms with van der Waals surface area (Å²) in [5, 5.41) is 0. The van der Waals surface area contributed by atoms with Crippen molar-refractivity contribution >= 4 is 0 Å². The molecule has 0 spiro atoms. The van der Waals surface area contributed by atoms with Crippen LogP contribution in [0.2, 0.25) is 0 Å². The molecule has 5 nitrogen and oxygen atoms in total. The molecule has 0 aromatic rings. The molecule has 0 amide bonds. The maximum absolute atomic E-state index is 0. The molecule has 2 radical (unpaired) electrons. The van der Waals surface area contributed by atoms with Crippen molar-refractivity contribution < 1.29 is 183 Å². The van der Waals surface area contributed by atoms with Gasteiger partial charge in [0.25, 0.3) is 0 Å². The predicted molar refractivity (Wildman–Crippen MR) is 3.43 cm³/mol. The summed E-state index contributed by atoms with van der Waals surface area (Å²) in [6.45, 7) is 0. The van der Waals surface area contributed by atoms with Gasteiger partial charge in [-0.25, -0.2) is 0 Å². The molecule has 0 aliphatic heterocycles. The molecule has 0 saturated carbocycles. The Morgan fingerprint density at radius 1 is 0.385 bits per heavy atom. The van der Waals surface area contributed by atoms with Crippen LogP contribution in [-0.2, 0) is 183 Å². The van der Waals surface area contributed by atoms with Gasteiger partial charge in [-0.05, 0) is 0 Å². The molecule has 0 N–H and O–H groups in total. The summed E-state index contributed by atoms with van der Waals surface area (Å²) in [5.41, 5.74) is 0. The van der Waals surface area contributed by atoms with Crippen molar-refractivity contribution in [1.82, 2.24) is 0 Å². The molecule has 0 atom stereocenters.